The van der Waals surface area contributed by atoms with Crippen LogP contribution in [-0.2, 0) is 6.54 Å². The van der Waals surface area contributed by atoms with Gasteiger partial charge >= 0.3 is 0 Å². The molecule has 5 heteroatoms. The summed E-state index contributed by atoms with van der Waals surface area (Å²) in [6.07, 6.45) is 6.74. The number of hydrogen-bond acceptors (Lipinski definition) is 4. The number of hydrogen-bond donors (Lipinski definition) is 2. The summed E-state index contributed by atoms with van der Waals surface area (Å²) >= 11 is 0. The average molecular weight is 266 g/mol. The summed E-state index contributed by atoms with van der Waals surface area (Å²) in [6.45, 7) is 6.82. The van der Waals surface area contributed by atoms with Crippen LogP contribution in [0.5, 0.6) is 0 Å². The lowest BCUT2D eigenvalue weighted by Crippen LogP contribution is -2.37. The Morgan fingerprint density at radius 3 is 2.79 bits per heavy atom. The minimum atomic E-state index is -0.382. The number of nitrogens with two attached hydrogens (primary N) is 1. The summed E-state index contributed by atoms with van der Waals surface area (Å²) in [5.74, 6) is 0.712. The molecule has 0 bridgehead atoms. The van der Waals surface area contributed by atoms with Crippen molar-refractivity contribution in [2.45, 2.75) is 51.8 Å². The summed E-state index contributed by atoms with van der Waals surface area (Å²) in [6, 6.07) is 0.691. The maximum absolute atomic E-state index is 10.2. The summed E-state index contributed by atoms with van der Waals surface area (Å²) in [5, 5.41) is 14.3. The highest BCUT2D eigenvalue weighted by Gasteiger charge is 2.30. The van der Waals surface area contributed by atoms with Crippen LogP contribution in [0.2, 0.25) is 0 Å². The SMILES string of the molecule is CC(C)CCN(CC(O)Cn1cc(N)cn1)C1CC1. The van der Waals surface area contributed by atoms with Gasteiger partial charge in [0.05, 0.1) is 24.5 Å². The van der Waals surface area contributed by atoms with Crippen molar-refractivity contribution in [3.63, 3.8) is 0 Å². The summed E-state index contributed by atoms with van der Waals surface area (Å²) < 4.78 is 1.72. The highest BCUT2D eigenvalue weighted by atomic mass is 16.3. The van der Waals surface area contributed by atoms with E-state index in [2.05, 4.69) is 23.8 Å². The Balaban J connectivity index is 1.79. The zero-order valence-corrected chi connectivity index (χ0v) is 12.0. The smallest absolute Gasteiger partial charge is 0.0862 e. The number of anilines is 1. The Morgan fingerprint density at radius 2 is 2.26 bits per heavy atom. The van der Waals surface area contributed by atoms with Crippen LogP contribution in [0.4, 0.5) is 5.69 Å². The highest BCUT2D eigenvalue weighted by Crippen LogP contribution is 2.27. The molecule has 3 N–H and O–H groups in total. The van der Waals surface area contributed by atoms with Crippen LogP contribution < -0.4 is 5.73 Å². The molecule has 1 saturated carbocycles. The lowest BCUT2D eigenvalue weighted by Gasteiger charge is -2.25. The Labute approximate surface area is 115 Å². The molecule has 0 aliphatic heterocycles. The molecule has 1 aliphatic carbocycles. The molecular formula is C14H26N4O. The Hall–Kier alpha value is -1.07. The van der Waals surface area contributed by atoms with Gasteiger partial charge < -0.3 is 10.8 Å². The lowest BCUT2D eigenvalue weighted by atomic mass is 10.1. The minimum absolute atomic E-state index is 0.382. The second-order valence-corrected chi connectivity index (χ2v) is 6.06. The second-order valence-electron chi connectivity index (χ2n) is 6.06. The second kappa shape index (κ2) is 6.39. The van der Waals surface area contributed by atoms with Crippen LogP contribution in [0, 0.1) is 5.92 Å². The van der Waals surface area contributed by atoms with E-state index in [9.17, 15) is 5.11 Å². The molecule has 108 valence electrons. The van der Waals surface area contributed by atoms with Gasteiger partial charge in [-0.1, -0.05) is 13.8 Å². The molecule has 2 rings (SSSR count). The van der Waals surface area contributed by atoms with Crippen LogP contribution in [0.25, 0.3) is 0 Å². The van der Waals surface area contributed by atoms with Crippen molar-refractivity contribution >= 4 is 5.69 Å². The van der Waals surface area contributed by atoms with E-state index >= 15 is 0 Å². The van der Waals surface area contributed by atoms with Crippen molar-refractivity contribution in [1.82, 2.24) is 14.7 Å². The van der Waals surface area contributed by atoms with Gasteiger partial charge in [0, 0.05) is 18.8 Å². The minimum Gasteiger partial charge on any atom is -0.396 e. The van der Waals surface area contributed by atoms with Gasteiger partial charge in [-0.25, -0.2) is 0 Å². The molecule has 1 aromatic heterocycles. The van der Waals surface area contributed by atoms with E-state index in [1.807, 2.05) is 0 Å². The molecule has 19 heavy (non-hydrogen) atoms. The molecule has 0 radical (unpaired) electrons. The molecule has 1 unspecified atom stereocenters. The topological polar surface area (TPSA) is 67.3 Å². The predicted molar refractivity (Wildman–Crippen MR) is 76.7 cm³/mol. The van der Waals surface area contributed by atoms with Gasteiger partial charge in [-0.2, -0.15) is 5.10 Å². The third-order valence-electron chi connectivity index (χ3n) is 3.55. The molecule has 0 amide bonds. The van der Waals surface area contributed by atoms with Crippen LogP contribution in [-0.4, -0.2) is 45.0 Å². The van der Waals surface area contributed by atoms with Crippen molar-refractivity contribution in [1.29, 1.82) is 0 Å². The molecule has 1 fully saturated rings. The summed E-state index contributed by atoms with van der Waals surface area (Å²) in [5.41, 5.74) is 6.26. The molecule has 1 aliphatic rings. The quantitative estimate of drug-likeness (QED) is 0.745. The largest absolute Gasteiger partial charge is 0.396 e. The molecule has 1 aromatic rings. The normalized spacial score (nSPS) is 17.3. The number of nitrogen functional groups attached to an aromatic ring is 1. The zero-order valence-electron chi connectivity index (χ0n) is 12.0. The van der Waals surface area contributed by atoms with Crippen molar-refractivity contribution in [2.24, 2.45) is 5.92 Å². The van der Waals surface area contributed by atoms with Crippen molar-refractivity contribution in [2.75, 3.05) is 18.8 Å². The fourth-order valence-electron chi connectivity index (χ4n) is 2.31. The Bertz CT molecular complexity index is 387. The van der Waals surface area contributed by atoms with E-state index in [-0.39, 0.29) is 6.10 Å². The van der Waals surface area contributed by atoms with Gasteiger partial charge in [-0.15, -0.1) is 0 Å². The Kier molecular flexibility index (Phi) is 4.82. The Morgan fingerprint density at radius 1 is 1.53 bits per heavy atom. The van der Waals surface area contributed by atoms with Gasteiger partial charge in [0.25, 0.3) is 0 Å². The van der Waals surface area contributed by atoms with E-state index < -0.39 is 0 Å². The van der Waals surface area contributed by atoms with E-state index in [0.29, 0.717) is 24.2 Å². The van der Waals surface area contributed by atoms with E-state index in [4.69, 9.17) is 5.73 Å². The number of aliphatic hydroxyl groups excluding tert-OH is 1. The summed E-state index contributed by atoms with van der Waals surface area (Å²) in [7, 11) is 0. The average Bonchev–Trinajstić information content (AvgIpc) is 3.09. The third-order valence-corrected chi connectivity index (χ3v) is 3.55. The third kappa shape index (κ3) is 4.84. The molecule has 1 heterocycles. The lowest BCUT2D eigenvalue weighted by molar-refractivity contribution is 0.0887. The van der Waals surface area contributed by atoms with Crippen molar-refractivity contribution < 1.29 is 5.11 Å². The van der Waals surface area contributed by atoms with Crippen molar-refractivity contribution in [3.05, 3.63) is 12.4 Å². The highest BCUT2D eigenvalue weighted by molar-refractivity contribution is 5.30. The first-order valence-electron chi connectivity index (χ1n) is 7.24. The van der Waals surface area contributed by atoms with E-state index in [1.165, 1.54) is 19.3 Å². The predicted octanol–water partition coefficient (Wildman–Crippen LogP) is 1.34. The first-order valence-corrected chi connectivity index (χ1v) is 7.24. The number of rotatable bonds is 8. The molecule has 5 nitrogen and oxygen atoms in total. The number of aromatic nitrogens is 2. The molecule has 0 saturated heterocycles. The number of aliphatic hydroxyl groups is 1. The molecule has 0 spiro atoms. The first kappa shape index (κ1) is 14.3. The van der Waals surface area contributed by atoms with Gasteiger partial charge in [-0.3, -0.25) is 9.58 Å². The summed E-state index contributed by atoms with van der Waals surface area (Å²) in [4.78, 5) is 2.43. The maximum Gasteiger partial charge on any atom is 0.0862 e. The van der Waals surface area contributed by atoms with Gasteiger partial charge in [0.2, 0.25) is 0 Å². The first-order chi connectivity index (χ1) is 9.04. The zero-order chi connectivity index (χ0) is 13.8. The van der Waals surface area contributed by atoms with E-state index in [1.54, 1.807) is 17.1 Å². The monoisotopic (exact) mass is 266 g/mol. The molecule has 1 atom stereocenters. The molecule has 0 aromatic carbocycles. The van der Waals surface area contributed by atoms with Crippen LogP contribution >= 0.6 is 0 Å². The fourth-order valence-corrected chi connectivity index (χ4v) is 2.31. The van der Waals surface area contributed by atoms with E-state index in [0.717, 1.165) is 13.1 Å². The van der Waals surface area contributed by atoms with Gasteiger partial charge in [-0.05, 0) is 31.7 Å². The number of nitrogens with zero attached hydrogens (tertiary/aromatic N) is 3. The van der Waals surface area contributed by atoms with Gasteiger partial charge in [0.15, 0.2) is 0 Å². The van der Waals surface area contributed by atoms with Crippen molar-refractivity contribution in [3.8, 4) is 0 Å². The van der Waals surface area contributed by atoms with Crippen LogP contribution in [0.15, 0.2) is 12.4 Å². The molecular weight excluding hydrogens is 240 g/mol. The standard InChI is InChI=1S/C14H26N4O/c1-11(2)5-6-17(13-3-4-13)9-14(19)10-18-8-12(15)7-16-18/h7-8,11,13-14,19H,3-6,9-10,15H2,1-2H3. The van der Waals surface area contributed by atoms with Gasteiger partial charge in [0.1, 0.15) is 0 Å². The maximum atomic E-state index is 10.2. The van der Waals surface area contributed by atoms with Crippen LogP contribution in [0.1, 0.15) is 33.1 Å². The fraction of sp³-hybridized carbons (Fsp3) is 0.786. The van der Waals surface area contributed by atoms with Crippen LogP contribution in [0.3, 0.4) is 0 Å².